The summed E-state index contributed by atoms with van der Waals surface area (Å²) < 4.78 is 0. The Balaban J connectivity index is 1.66. The van der Waals surface area contributed by atoms with Crippen molar-refractivity contribution < 1.29 is 4.79 Å². The minimum Gasteiger partial charge on any atom is -0.349 e. The number of benzene rings is 2. The van der Waals surface area contributed by atoms with Gasteiger partial charge in [0.15, 0.2) is 0 Å². The largest absolute Gasteiger partial charge is 0.349 e. The molecule has 0 radical (unpaired) electrons. The highest BCUT2D eigenvalue weighted by Gasteiger charge is 2.30. The number of rotatable bonds is 6. The van der Waals surface area contributed by atoms with Crippen LogP contribution in [0.15, 0.2) is 60.7 Å². The minimum absolute atomic E-state index is 0.00561. The maximum atomic E-state index is 12.4. The van der Waals surface area contributed by atoms with Gasteiger partial charge >= 0.3 is 0 Å². The van der Waals surface area contributed by atoms with E-state index in [2.05, 4.69) is 59.6 Å². The van der Waals surface area contributed by atoms with Crippen LogP contribution in [0.5, 0.6) is 0 Å². The number of amides is 1. The van der Waals surface area contributed by atoms with E-state index in [1.54, 1.807) is 0 Å². The molecule has 1 saturated heterocycles. The fraction of sp³-hybridized carbons (Fsp3) is 0.350. The van der Waals surface area contributed by atoms with Crippen LogP contribution >= 0.6 is 0 Å². The van der Waals surface area contributed by atoms with E-state index in [0.29, 0.717) is 0 Å². The van der Waals surface area contributed by atoms with Gasteiger partial charge in [0.1, 0.15) is 0 Å². The zero-order valence-corrected chi connectivity index (χ0v) is 14.7. The van der Waals surface area contributed by atoms with Crippen LogP contribution in [0, 0.1) is 0 Å². The van der Waals surface area contributed by atoms with Crippen molar-refractivity contribution in [2.75, 3.05) is 6.54 Å². The second-order valence-electron chi connectivity index (χ2n) is 6.59. The van der Waals surface area contributed by atoms with E-state index in [1.165, 1.54) is 0 Å². The number of carbonyl (C=O) groups excluding carboxylic acids is 1. The third-order valence-corrected chi connectivity index (χ3v) is 4.68. The molecule has 25 heavy (non-hydrogen) atoms. The molecule has 1 aliphatic heterocycles. The van der Waals surface area contributed by atoms with Crippen molar-refractivity contribution >= 4 is 5.91 Å². The van der Waals surface area contributed by atoms with Crippen LogP contribution < -0.4 is 21.5 Å². The summed E-state index contributed by atoms with van der Waals surface area (Å²) in [5, 5.41) is 6.51. The first kappa shape index (κ1) is 17.6. The average molecular weight is 338 g/mol. The lowest BCUT2D eigenvalue weighted by Crippen LogP contribution is -2.49. The smallest absolute Gasteiger partial charge is 0.234 e. The first-order chi connectivity index (χ1) is 12.1. The van der Waals surface area contributed by atoms with Gasteiger partial charge in [-0.05, 0) is 25.0 Å². The Morgan fingerprint density at radius 2 is 1.40 bits per heavy atom. The molecule has 1 fully saturated rings. The molecule has 0 spiro atoms. The normalized spacial score (nSPS) is 22.9. The summed E-state index contributed by atoms with van der Waals surface area (Å²) in [4.78, 5) is 12.4. The number of hydrogen-bond acceptors (Lipinski definition) is 4. The molecular weight excluding hydrogens is 312 g/mol. The highest BCUT2D eigenvalue weighted by Crippen LogP contribution is 2.21. The molecule has 1 heterocycles. The first-order valence-corrected chi connectivity index (χ1v) is 8.79. The monoisotopic (exact) mass is 338 g/mol. The van der Waals surface area contributed by atoms with Crippen molar-refractivity contribution in [2.24, 2.45) is 0 Å². The number of carbonyl (C=O) groups is 1. The predicted octanol–water partition coefficient (Wildman–Crippen LogP) is 1.74. The molecule has 5 heteroatoms. The molecule has 2 atom stereocenters. The minimum atomic E-state index is -0.0113. The van der Waals surface area contributed by atoms with Crippen LogP contribution in [0.3, 0.4) is 0 Å². The van der Waals surface area contributed by atoms with Gasteiger partial charge in [0.05, 0.1) is 18.6 Å². The van der Waals surface area contributed by atoms with Crippen LogP contribution in [0.1, 0.15) is 31.0 Å². The molecule has 0 aliphatic carbocycles. The van der Waals surface area contributed by atoms with Gasteiger partial charge in [-0.1, -0.05) is 60.7 Å². The van der Waals surface area contributed by atoms with Gasteiger partial charge in [0.25, 0.3) is 0 Å². The second kappa shape index (κ2) is 8.25. The van der Waals surface area contributed by atoms with Crippen LogP contribution in [-0.4, -0.2) is 30.6 Å². The number of hydrazine groups is 1. The quantitative estimate of drug-likeness (QED) is 0.648. The molecule has 0 aromatic heterocycles. The Labute approximate surface area is 149 Å². The van der Waals surface area contributed by atoms with E-state index in [1.807, 2.05) is 36.4 Å². The Bertz CT molecular complexity index is 627. The Morgan fingerprint density at radius 1 is 0.920 bits per heavy atom. The summed E-state index contributed by atoms with van der Waals surface area (Å²) in [6.45, 7) is 4.39. The fourth-order valence-corrected chi connectivity index (χ4v) is 3.28. The number of nitrogens with one attached hydrogen (secondary N) is 4. The van der Waals surface area contributed by atoms with Gasteiger partial charge in [-0.2, -0.15) is 0 Å². The molecule has 0 bridgehead atoms. The molecule has 3 rings (SSSR count). The molecule has 2 aromatic carbocycles. The summed E-state index contributed by atoms with van der Waals surface area (Å²) in [5.41, 5.74) is 8.60. The first-order valence-electron chi connectivity index (χ1n) is 8.79. The van der Waals surface area contributed by atoms with Gasteiger partial charge in [-0.15, -0.1) is 0 Å². The maximum absolute atomic E-state index is 12.4. The third-order valence-electron chi connectivity index (χ3n) is 4.68. The van der Waals surface area contributed by atoms with Crippen molar-refractivity contribution in [3.8, 4) is 0 Å². The molecule has 2 aromatic rings. The summed E-state index contributed by atoms with van der Waals surface area (Å²) in [6, 6.07) is 20.9. The molecule has 0 saturated carbocycles. The van der Waals surface area contributed by atoms with Gasteiger partial charge in [0, 0.05) is 12.1 Å². The highest BCUT2D eigenvalue weighted by molar-refractivity contribution is 5.78. The maximum Gasteiger partial charge on any atom is 0.234 e. The van der Waals surface area contributed by atoms with Crippen LogP contribution in [0.4, 0.5) is 0 Å². The molecule has 1 amide bonds. The highest BCUT2D eigenvalue weighted by atomic mass is 16.2. The van der Waals surface area contributed by atoms with Gasteiger partial charge in [-0.3, -0.25) is 21.0 Å². The van der Waals surface area contributed by atoms with E-state index in [4.69, 9.17) is 0 Å². The van der Waals surface area contributed by atoms with Gasteiger partial charge in [-0.25, -0.2) is 0 Å². The van der Waals surface area contributed by atoms with E-state index >= 15 is 0 Å². The zero-order chi connectivity index (χ0) is 17.6. The second-order valence-corrected chi connectivity index (χ2v) is 6.59. The molecule has 4 N–H and O–H groups in total. The molecule has 5 nitrogen and oxygen atoms in total. The molecule has 2 unspecified atom stereocenters. The van der Waals surface area contributed by atoms with E-state index in [0.717, 1.165) is 11.1 Å². The van der Waals surface area contributed by atoms with Crippen molar-refractivity contribution in [1.82, 2.24) is 21.5 Å². The van der Waals surface area contributed by atoms with Crippen LogP contribution in [-0.2, 0) is 4.79 Å². The summed E-state index contributed by atoms with van der Waals surface area (Å²) in [5.74, 6) is 0.00561. The van der Waals surface area contributed by atoms with Gasteiger partial charge in [0.2, 0.25) is 5.91 Å². The lowest BCUT2D eigenvalue weighted by Gasteiger charge is -2.22. The van der Waals surface area contributed by atoms with E-state index in [9.17, 15) is 4.79 Å². The van der Waals surface area contributed by atoms with Gasteiger partial charge < -0.3 is 5.32 Å². The SMILES string of the molecule is CC1NNC(C)C1NC(=O)CNC(c1ccccc1)c1ccccc1. The van der Waals surface area contributed by atoms with E-state index < -0.39 is 0 Å². The molecule has 1 aliphatic rings. The van der Waals surface area contributed by atoms with E-state index in [-0.39, 0.29) is 36.6 Å². The Hall–Kier alpha value is -2.21. The van der Waals surface area contributed by atoms with Crippen LogP contribution in [0.25, 0.3) is 0 Å². The van der Waals surface area contributed by atoms with Crippen molar-refractivity contribution in [3.05, 3.63) is 71.8 Å². The lowest BCUT2D eigenvalue weighted by molar-refractivity contribution is -0.121. The standard InChI is InChI=1S/C20H26N4O/c1-14-19(15(2)24-23-14)22-18(25)13-21-20(16-9-5-3-6-10-16)17-11-7-4-8-12-17/h3-12,14-15,19-21,23-24H,13H2,1-2H3,(H,22,25). The van der Waals surface area contributed by atoms with Crippen molar-refractivity contribution in [1.29, 1.82) is 0 Å². The molecular formula is C20H26N4O. The fourth-order valence-electron chi connectivity index (χ4n) is 3.28. The number of hydrogen-bond donors (Lipinski definition) is 4. The van der Waals surface area contributed by atoms with Crippen molar-refractivity contribution in [3.63, 3.8) is 0 Å². The third kappa shape index (κ3) is 4.45. The average Bonchev–Trinajstić information content (AvgIpc) is 2.96. The summed E-state index contributed by atoms with van der Waals surface area (Å²) >= 11 is 0. The predicted molar refractivity (Wildman–Crippen MR) is 99.9 cm³/mol. The molecule has 132 valence electrons. The Kier molecular flexibility index (Phi) is 5.81. The zero-order valence-electron chi connectivity index (χ0n) is 14.7. The lowest BCUT2D eigenvalue weighted by atomic mass is 9.99. The van der Waals surface area contributed by atoms with Crippen molar-refractivity contribution in [2.45, 2.75) is 38.0 Å². The Morgan fingerprint density at radius 3 is 1.88 bits per heavy atom. The van der Waals surface area contributed by atoms with Crippen LogP contribution in [0.2, 0.25) is 0 Å². The summed E-state index contributed by atoms with van der Waals surface area (Å²) in [6.07, 6.45) is 0. The summed E-state index contributed by atoms with van der Waals surface area (Å²) in [7, 11) is 0. The topological polar surface area (TPSA) is 65.2 Å².